The third kappa shape index (κ3) is 3.59. The molecule has 0 saturated heterocycles. The van der Waals surface area contributed by atoms with E-state index in [4.69, 9.17) is 4.74 Å². The minimum atomic E-state index is -1.13. The first-order valence-electron chi connectivity index (χ1n) is 7.68. The van der Waals surface area contributed by atoms with Gasteiger partial charge in [-0.05, 0) is 37.8 Å². The Morgan fingerprint density at radius 1 is 1.18 bits per heavy atom. The van der Waals surface area contributed by atoms with Crippen LogP contribution in [0, 0.1) is 13.8 Å². The van der Waals surface area contributed by atoms with E-state index in [2.05, 4.69) is 5.32 Å². The Morgan fingerprint density at radius 3 is 2.32 bits per heavy atom. The van der Waals surface area contributed by atoms with E-state index >= 15 is 0 Å². The second-order valence-corrected chi connectivity index (χ2v) is 6.01. The number of aryl methyl sites for hydroxylation is 2. The van der Waals surface area contributed by atoms with E-state index in [0.29, 0.717) is 18.6 Å². The number of aliphatic carboxylic acids is 1. The molecule has 22 heavy (non-hydrogen) atoms. The van der Waals surface area contributed by atoms with Crippen LogP contribution in [-0.4, -0.2) is 29.1 Å². The van der Waals surface area contributed by atoms with Gasteiger partial charge in [0.1, 0.15) is 11.3 Å². The third-order valence-corrected chi connectivity index (χ3v) is 4.25. The zero-order valence-corrected chi connectivity index (χ0v) is 13.1. The standard InChI is InChI=1S/C17H23NO4/c1-12-7-6-8-13(2)15(12)22-11-14(19)18-17(16(20)21)9-4-3-5-10-17/h6-8H,3-5,9-11H2,1-2H3,(H,18,19)(H,20,21). The zero-order valence-electron chi connectivity index (χ0n) is 13.1. The molecule has 1 aliphatic rings. The first kappa shape index (κ1) is 16.3. The quantitative estimate of drug-likeness (QED) is 0.876. The smallest absolute Gasteiger partial charge is 0.329 e. The zero-order chi connectivity index (χ0) is 16.2. The monoisotopic (exact) mass is 305 g/mol. The molecule has 0 aromatic heterocycles. The molecule has 1 aromatic rings. The molecule has 1 saturated carbocycles. The Morgan fingerprint density at radius 2 is 1.77 bits per heavy atom. The average molecular weight is 305 g/mol. The van der Waals surface area contributed by atoms with Gasteiger partial charge in [0.25, 0.3) is 5.91 Å². The summed E-state index contributed by atoms with van der Waals surface area (Å²) in [5.41, 5.74) is 0.788. The fraction of sp³-hybridized carbons (Fsp3) is 0.529. The first-order valence-corrected chi connectivity index (χ1v) is 7.68. The second kappa shape index (κ2) is 6.81. The number of carbonyl (C=O) groups is 2. The van der Waals surface area contributed by atoms with Gasteiger partial charge in [-0.1, -0.05) is 37.5 Å². The maximum absolute atomic E-state index is 12.1. The Kier molecular flexibility index (Phi) is 5.06. The molecular formula is C17H23NO4. The van der Waals surface area contributed by atoms with E-state index < -0.39 is 11.5 Å². The first-order chi connectivity index (χ1) is 10.4. The minimum absolute atomic E-state index is 0.166. The Balaban J connectivity index is 1.99. The number of benzene rings is 1. The fourth-order valence-electron chi connectivity index (χ4n) is 3.02. The molecule has 2 N–H and O–H groups in total. The summed E-state index contributed by atoms with van der Waals surface area (Å²) in [6.45, 7) is 3.67. The molecule has 2 rings (SSSR count). The lowest BCUT2D eigenvalue weighted by Crippen LogP contribution is -2.56. The van der Waals surface area contributed by atoms with Crippen molar-refractivity contribution in [3.63, 3.8) is 0 Å². The summed E-state index contributed by atoms with van der Waals surface area (Å²) < 4.78 is 5.59. The van der Waals surface area contributed by atoms with E-state index in [9.17, 15) is 14.7 Å². The van der Waals surface area contributed by atoms with Crippen molar-refractivity contribution in [2.75, 3.05) is 6.61 Å². The van der Waals surface area contributed by atoms with Crippen molar-refractivity contribution in [2.24, 2.45) is 0 Å². The van der Waals surface area contributed by atoms with Crippen LogP contribution in [0.5, 0.6) is 5.75 Å². The summed E-state index contributed by atoms with van der Waals surface area (Å²) in [7, 11) is 0. The summed E-state index contributed by atoms with van der Waals surface area (Å²) in [5.74, 6) is -0.648. The molecule has 0 radical (unpaired) electrons. The molecule has 0 heterocycles. The maximum atomic E-state index is 12.1. The third-order valence-electron chi connectivity index (χ3n) is 4.25. The molecule has 1 aromatic carbocycles. The topological polar surface area (TPSA) is 75.6 Å². The molecule has 1 fully saturated rings. The summed E-state index contributed by atoms with van der Waals surface area (Å²) in [6.07, 6.45) is 3.63. The summed E-state index contributed by atoms with van der Waals surface area (Å²) in [4.78, 5) is 23.7. The second-order valence-electron chi connectivity index (χ2n) is 6.01. The van der Waals surface area contributed by atoms with Crippen LogP contribution in [-0.2, 0) is 9.59 Å². The van der Waals surface area contributed by atoms with Crippen LogP contribution >= 0.6 is 0 Å². The van der Waals surface area contributed by atoms with Crippen LogP contribution in [0.15, 0.2) is 18.2 Å². The number of carboxylic acid groups (broad SMARTS) is 1. The number of ether oxygens (including phenoxy) is 1. The predicted octanol–water partition coefficient (Wildman–Crippen LogP) is 2.59. The molecular weight excluding hydrogens is 282 g/mol. The van der Waals surface area contributed by atoms with E-state index in [1.165, 1.54) is 0 Å². The molecule has 5 nitrogen and oxygen atoms in total. The van der Waals surface area contributed by atoms with Crippen molar-refractivity contribution in [3.05, 3.63) is 29.3 Å². The van der Waals surface area contributed by atoms with Crippen LogP contribution in [0.3, 0.4) is 0 Å². The molecule has 0 unspecified atom stereocenters. The van der Waals surface area contributed by atoms with Gasteiger partial charge in [-0.2, -0.15) is 0 Å². The molecule has 0 bridgehead atoms. The van der Waals surface area contributed by atoms with Crippen molar-refractivity contribution in [1.82, 2.24) is 5.32 Å². The van der Waals surface area contributed by atoms with E-state index in [1.807, 2.05) is 32.0 Å². The number of para-hydroxylation sites is 1. The van der Waals surface area contributed by atoms with Crippen LogP contribution in [0.25, 0.3) is 0 Å². The highest BCUT2D eigenvalue weighted by Gasteiger charge is 2.40. The molecule has 1 aliphatic carbocycles. The highest BCUT2D eigenvalue weighted by Crippen LogP contribution is 2.28. The van der Waals surface area contributed by atoms with Crippen molar-refractivity contribution in [3.8, 4) is 5.75 Å². The number of hydrogen-bond donors (Lipinski definition) is 2. The lowest BCUT2D eigenvalue weighted by Gasteiger charge is -2.33. The van der Waals surface area contributed by atoms with Crippen molar-refractivity contribution >= 4 is 11.9 Å². The number of carboxylic acids is 1. The van der Waals surface area contributed by atoms with Gasteiger partial charge in [-0.25, -0.2) is 4.79 Å². The minimum Gasteiger partial charge on any atom is -0.483 e. The van der Waals surface area contributed by atoms with Gasteiger partial charge in [-0.15, -0.1) is 0 Å². The largest absolute Gasteiger partial charge is 0.483 e. The van der Waals surface area contributed by atoms with Crippen molar-refractivity contribution in [1.29, 1.82) is 0 Å². The highest BCUT2D eigenvalue weighted by molar-refractivity contribution is 5.87. The lowest BCUT2D eigenvalue weighted by molar-refractivity contribution is -0.149. The SMILES string of the molecule is Cc1cccc(C)c1OCC(=O)NC1(C(=O)O)CCCCC1. The molecule has 0 aliphatic heterocycles. The number of rotatable bonds is 5. The van der Waals surface area contributed by atoms with E-state index in [0.717, 1.165) is 30.4 Å². The van der Waals surface area contributed by atoms with Crippen molar-refractivity contribution < 1.29 is 19.4 Å². The van der Waals surface area contributed by atoms with Crippen LogP contribution in [0.2, 0.25) is 0 Å². The normalized spacial score (nSPS) is 16.8. The predicted molar refractivity (Wildman–Crippen MR) is 83.0 cm³/mol. The molecule has 1 amide bonds. The fourth-order valence-corrected chi connectivity index (χ4v) is 3.02. The number of amides is 1. The molecule has 120 valence electrons. The van der Waals surface area contributed by atoms with Gasteiger partial charge < -0.3 is 15.2 Å². The maximum Gasteiger partial charge on any atom is 0.329 e. The van der Waals surface area contributed by atoms with Gasteiger partial charge in [0.05, 0.1) is 0 Å². The number of nitrogens with one attached hydrogen (secondary N) is 1. The van der Waals surface area contributed by atoms with E-state index in [-0.39, 0.29) is 12.5 Å². The molecule has 5 heteroatoms. The van der Waals surface area contributed by atoms with Crippen molar-refractivity contribution in [2.45, 2.75) is 51.5 Å². The summed E-state index contributed by atoms with van der Waals surface area (Å²) >= 11 is 0. The number of hydrogen-bond acceptors (Lipinski definition) is 3. The summed E-state index contributed by atoms with van der Waals surface area (Å²) in [5, 5.41) is 12.1. The van der Waals surface area contributed by atoms with Gasteiger partial charge in [0.2, 0.25) is 0 Å². The molecule has 0 spiro atoms. The number of carbonyl (C=O) groups excluding carboxylic acids is 1. The molecule has 0 atom stereocenters. The highest BCUT2D eigenvalue weighted by atomic mass is 16.5. The Labute approximate surface area is 130 Å². The summed E-state index contributed by atoms with van der Waals surface area (Å²) in [6, 6.07) is 5.76. The van der Waals surface area contributed by atoms with Gasteiger partial charge in [-0.3, -0.25) is 4.79 Å². The van der Waals surface area contributed by atoms with E-state index in [1.54, 1.807) is 0 Å². The van der Waals surface area contributed by atoms with Gasteiger partial charge >= 0.3 is 5.97 Å². The Hall–Kier alpha value is -2.04. The van der Waals surface area contributed by atoms with Gasteiger partial charge in [0, 0.05) is 0 Å². The van der Waals surface area contributed by atoms with Gasteiger partial charge in [0.15, 0.2) is 6.61 Å². The lowest BCUT2D eigenvalue weighted by atomic mass is 9.81. The van der Waals surface area contributed by atoms with Crippen LogP contribution in [0.1, 0.15) is 43.2 Å². The van der Waals surface area contributed by atoms with Crippen LogP contribution < -0.4 is 10.1 Å². The Bertz CT molecular complexity index is 542. The van der Waals surface area contributed by atoms with Crippen LogP contribution in [0.4, 0.5) is 0 Å². The average Bonchev–Trinajstić information content (AvgIpc) is 2.47.